The van der Waals surface area contributed by atoms with E-state index in [1.165, 1.54) is 11.8 Å². The Bertz CT molecular complexity index is 648. The van der Waals surface area contributed by atoms with Gasteiger partial charge in [0.15, 0.2) is 0 Å². The molecule has 1 atom stereocenters. The fourth-order valence-corrected chi connectivity index (χ4v) is 3.86. The number of carbonyl (C=O) groups excluding carboxylic acids is 2. The molecule has 5 nitrogen and oxygen atoms in total. The third-order valence-corrected chi connectivity index (χ3v) is 5.54. The minimum atomic E-state index is -0.119. The summed E-state index contributed by atoms with van der Waals surface area (Å²) in [6.07, 6.45) is 1.92. The van der Waals surface area contributed by atoms with Gasteiger partial charge in [-0.05, 0) is 32.8 Å². The Kier molecular flexibility index (Phi) is 7.25. The molecule has 1 aromatic carbocycles. The van der Waals surface area contributed by atoms with E-state index in [9.17, 15) is 9.59 Å². The van der Waals surface area contributed by atoms with Crippen molar-refractivity contribution in [2.75, 3.05) is 19.4 Å². The lowest BCUT2D eigenvalue weighted by molar-refractivity contribution is -0.124. The number of thioether (sulfide) groups is 1. The number of unbranched alkanes of at least 4 members (excludes halogenated alkanes) is 1. The van der Waals surface area contributed by atoms with Crippen LogP contribution in [-0.2, 0) is 9.59 Å². The predicted octanol–water partition coefficient (Wildman–Crippen LogP) is 3.21. The second-order valence-corrected chi connectivity index (χ2v) is 7.70. The molecule has 2 amide bonds. The van der Waals surface area contributed by atoms with Crippen LogP contribution in [0, 0.1) is 6.92 Å². The number of rotatable bonds is 8. The van der Waals surface area contributed by atoms with Gasteiger partial charge in [0.25, 0.3) is 0 Å². The number of hydrogen-bond acceptors (Lipinski definition) is 5. The first-order chi connectivity index (χ1) is 11.9. The number of thiocarbonyl (C=S) groups is 1. The third-order valence-electron chi connectivity index (χ3n) is 4.11. The van der Waals surface area contributed by atoms with Gasteiger partial charge in [0.05, 0.1) is 18.9 Å². The Morgan fingerprint density at radius 3 is 2.84 bits per heavy atom. The normalized spacial score (nSPS) is 15.4. The van der Waals surface area contributed by atoms with E-state index in [0.29, 0.717) is 23.0 Å². The fourth-order valence-electron chi connectivity index (χ4n) is 2.74. The average Bonchev–Trinajstić information content (AvgIpc) is 2.90. The van der Waals surface area contributed by atoms with Crippen molar-refractivity contribution < 1.29 is 14.3 Å². The number of nitrogens with zero attached hydrogens (tertiary/aromatic N) is 1. The molecule has 1 fully saturated rings. The maximum absolute atomic E-state index is 12.2. The van der Waals surface area contributed by atoms with Crippen LogP contribution in [0.15, 0.2) is 18.2 Å². The van der Waals surface area contributed by atoms with Crippen molar-refractivity contribution in [3.63, 3.8) is 0 Å². The van der Waals surface area contributed by atoms with Crippen LogP contribution in [0.1, 0.15) is 43.4 Å². The van der Waals surface area contributed by atoms with Gasteiger partial charge in [0.1, 0.15) is 10.1 Å². The minimum Gasteiger partial charge on any atom is -0.496 e. The molecular formula is C18H24N2O3S2. The first kappa shape index (κ1) is 19.7. The van der Waals surface area contributed by atoms with E-state index in [1.807, 2.05) is 32.0 Å². The highest BCUT2D eigenvalue weighted by Crippen LogP contribution is 2.26. The molecule has 0 bridgehead atoms. The van der Waals surface area contributed by atoms with Gasteiger partial charge in [-0.15, -0.1) is 0 Å². The van der Waals surface area contributed by atoms with E-state index < -0.39 is 0 Å². The third kappa shape index (κ3) is 5.44. The van der Waals surface area contributed by atoms with Crippen molar-refractivity contribution in [3.8, 4) is 5.75 Å². The number of aryl methyl sites for hydroxylation is 1. The molecule has 1 aliphatic heterocycles. The van der Waals surface area contributed by atoms with Crippen LogP contribution in [0.5, 0.6) is 5.75 Å². The molecule has 1 aliphatic rings. The molecule has 1 heterocycles. The molecule has 136 valence electrons. The van der Waals surface area contributed by atoms with Crippen LogP contribution >= 0.6 is 24.0 Å². The minimum absolute atomic E-state index is 0.000703. The Balaban J connectivity index is 1.77. The van der Waals surface area contributed by atoms with Crippen molar-refractivity contribution >= 4 is 40.1 Å². The van der Waals surface area contributed by atoms with Crippen LogP contribution in [0.4, 0.5) is 0 Å². The smallest absolute Gasteiger partial charge is 0.238 e. The van der Waals surface area contributed by atoms with Crippen LogP contribution in [-0.4, -0.2) is 40.4 Å². The quantitative estimate of drug-likeness (QED) is 0.554. The van der Waals surface area contributed by atoms with E-state index in [4.69, 9.17) is 17.0 Å². The molecule has 0 aromatic heterocycles. The molecule has 0 aliphatic carbocycles. The summed E-state index contributed by atoms with van der Waals surface area (Å²) < 4.78 is 6.02. The van der Waals surface area contributed by atoms with Gasteiger partial charge in [0, 0.05) is 18.5 Å². The summed E-state index contributed by atoms with van der Waals surface area (Å²) in [6.45, 7) is 4.56. The van der Waals surface area contributed by atoms with Gasteiger partial charge in [-0.25, -0.2) is 0 Å². The molecule has 1 saturated heterocycles. The molecule has 0 spiro atoms. The largest absolute Gasteiger partial charge is 0.496 e. The highest BCUT2D eigenvalue weighted by atomic mass is 32.2. The van der Waals surface area contributed by atoms with Crippen LogP contribution in [0.2, 0.25) is 0 Å². The number of ether oxygens (including phenoxy) is 1. The number of hydrogen-bond donors (Lipinski definition) is 1. The summed E-state index contributed by atoms with van der Waals surface area (Å²) in [4.78, 5) is 25.4. The van der Waals surface area contributed by atoms with Gasteiger partial charge in [-0.1, -0.05) is 41.7 Å². The van der Waals surface area contributed by atoms with E-state index in [-0.39, 0.29) is 17.9 Å². The Morgan fingerprint density at radius 1 is 1.44 bits per heavy atom. The van der Waals surface area contributed by atoms with Gasteiger partial charge in [-0.2, -0.15) is 0 Å². The number of methoxy groups -OCH3 is 1. The summed E-state index contributed by atoms with van der Waals surface area (Å²) >= 11 is 6.55. The highest BCUT2D eigenvalue weighted by Gasteiger charge is 2.25. The summed E-state index contributed by atoms with van der Waals surface area (Å²) in [7, 11) is 1.63. The van der Waals surface area contributed by atoms with Gasteiger partial charge in [0.2, 0.25) is 11.8 Å². The maximum Gasteiger partial charge on any atom is 0.238 e. The molecule has 0 unspecified atom stereocenters. The van der Waals surface area contributed by atoms with Gasteiger partial charge in [-0.3, -0.25) is 14.5 Å². The first-order valence-corrected chi connectivity index (χ1v) is 9.72. The lowest BCUT2D eigenvalue weighted by Crippen LogP contribution is -2.30. The van der Waals surface area contributed by atoms with Crippen LogP contribution in [0.3, 0.4) is 0 Å². The van der Waals surface area contributed by atoms with E-state index in [0.717, 1.165) is 29.7 Å². The van der Waals surface area contributed by atoms with Crippen molar-refractivity contribution in [2.45, 2.75) is 39.2 Å². The zero-order valence-corrected chi connectivity index (χ0v) is 16.5. The Labute approximate surface area is 158 Å². The topological polar surface area (TPSA) is 58.6 Å². The fraction of sp³-hybridized carbons (Fsp3) is 0.500. The lowest BCUT2D eigenvalue weighted by Gasteiger charge is -2.18. The molecule has 0 saturated carbocycles. The SMILES string of the molecule is COc1ccc(C)cc1[C@@H](C)NC(=O)CCCCN1C(=O)CSC1=S. The summed E-state index contributed by atoms with van der Waals surface area (Å²) in [5.41, 5.74) is 2.10. The van der Waals surface area contributed by atoms with E-state index in [2.05, 4.69) is 5.32 Å². The molecule has 7 heteroatoms. The van der Waals surface area contributed by atoms with E-state index >= 15 is 0 Å². The highest BCUT2D eigenvalue weighted by molar-refractivity contribution is 8.23. The summed E-state index contributed by atoms with van der Waals surface area (Å²) in [5.74, 6) is 1.28. The zero-order valence-electron chi connectivity index (χ0n) is 14.8. The van der Waals surface area contributed by atoms with Crippen molar-refractivity contribution in [3.05, 3.63) is 29.3 Å². The number of benzene rings is 1. The first-order valence-electron chi connectivity index (χ1n) is 8.33. The van der Waals surface area contributed by atoms with Gasteiger partial charge < -0.3 is 10.1 Å². The van der Waals surface area contributed by atoms with Crippen LogP contribution < -0.4 is 10.1 Å². The number of carbonyl (C=O) groups is 2. The Hall–Kier alpha value is -1.60. The molecule has 1 N–H and O–H groups in total. The van der Waals surface area contributed by atoms with E-state index in [1.54, 1.807) is 12.0 Å². The second-order valence-electron chi connectivity index (χ2n) is 6.09. The Morgan fingerprint density at radius 2 is 2.20 bits per heavy atom. The van der Waals surface area contributed by atoms with Gasteiger partial charge >= 0.3 is 0 Å². The lowest BCUT2D eigenvalue weighted by atomic mass is 10.0. The number of nitrogens with one attached hydrogen (secondary N) is 1. The summed E-state index contributed by atoms with van der Waals surface area (Å²) in [5, 5.41) is 3.01. The molecule has 0 radical (unpaired) electrons. The second kappa shape index (κ2) is 9.20. The monoisotopic (exact) mass is 380 g/mol. The van der Waals surface area contributed by atoms with Crippen molar-refractivity contribution in [2.24, 2.45) is 0 Å². The summed E-state index contributed by atoms with van der Waals surface area (Å²) in [6, 6.07) is 5.81. The number of amides is 2. The maximum atomic E-state index is 12.2. The predicted molar refractivity (Wildman–Crippen MR) is 105 cm³/mol. The average molecular weight is 381 g/mol. The zero-order chi connectivity index (χ0) is 18.4. The molecule has 1 aromatic rings. The van der Waals surface area contributed by atoms with Crippen molar-refractivity contribution in [1.82, 2.24) is 10.2 Å². The van der Waals surface area contributed by atoms with Crippen LogP contribution in [0.25, 0.3) is 0 Å². The standard InChI is InChI=1S/C18H24N2O3S2/c1-12-7-8-15(23-3)14(10-12)13(2)19-16(21)6-4-5-9-20-17(22)11-25-18(20)24/h7-8,10,13H,4-6,9,11H2,1-3H3,(H,19,21)/t13-/m1/s1. The van der Waals surface area contributed by atoms with Crippen molar-refractivity contribution in [1.29, 1.82) is 0 Å². The molecule has 25 heavy (non-hydrogen) atoms. The molecular weight excluding hydrogens is 356 g/mol. The molecule has 2 rings (SSSR count).